The predicted molar refractivity (Wildman–Crippen MR) is 90.3 cm³/mol. The van der Waals surface area contributed by atoms with E-state index in [1.807, 2.05) is 0 Å². The number of nitrogens with one attached hydrogen (secondary N) is 1. The Morgan fingerprint density at radius 1 is 1.08 bits per heavy atom. The number of ether oxygens (including phenoxy) is 1. The zero-order valence-electron chi connectivity index (χ0n) is 13.7. The fourth-order valence-corrected chi connectivity index (χ4v) is 4.19. The fraction of sp³-hybridized carbons (Fsp3) is 0.588. The van der Waals surface area contributed by atoms with Crippen LogP contribution >= 0.6 is 0 Å². The summed E-state index contributed by atoms with van der Waals surface area (Å²) in [4.78, 5) is 13.8. The van der Waals surface area contributed by atoms with Crippen molar-refractivity contribution in [3.8, 4) is 5.75 Å². The molecule has 7 heteroatoms. The van der Waals surface area contributed by atoms with Gasteiger partial charge in [0.1, 0.15) is 5.75 Å². The topological polar surface area (TPSA) is 75.7 Å². The molecule has 6 nitrogen and oxygen atoms in total. The number of hydrogen-bond donors (Lipinski definition) is 1. The number of nitrogens with zero attached hydrogens (tertiary/aromatic N) is 1. The zero-order valence-corrected chi connectivity index (χ0v) is 14.6. The van der Waals surface area contributed by atoms with Gasteiger partial charge in [-0.2, -0.15) is 0 Å². The van der Waals surface area contributed by atoms with Crippen LogP contribution in [-0.4, -0.2) is 45.0 Å². The number of likely N-dealkylation sites (tertiary alicyclic amines) is 1. The number of rotatable bonds is 6. The molecule has 1 aromatic rings. The molecule has 1 aromatic carbocycles. The Kier molecular flexibility index (Phi) is 5.40. The highest BCUT2D eigenvalue weighted by Gasteiger charge is 2.21. The normalized spacial score (nSPS) is 18.9. The van der Waals surface area contributed by atoms with Gasteiger partial charge in [-0.3, -0.25) is 4.79 Å². The van der Waals surface area contributed by atoms with Crippen LogP contribution in [0, 0.1) is 0 Å². The number of hydrogen-bond acceptors (Lipinski definition) is 4. The van der Waals surface area contributed by atoms with E-state index >= 15 is 0 Å². The average molecular weight is 352 g/mol. The second-order valence-corrected chi connectivity index (χ2v) is 8.18. The standard InChI is InChI=1S/C17H24N2O4S/c20-17(19-11-3-4-12-19)13-18-24(21,22)16-9-7-15(8-10-16)23-14-5-1-2-6-14/h7-10,14,18H,1-6,11-13H2. The van der Waals surface area contributed by atoms with E-state index in [-0.39, 0.29) is 23.5 Å². The van der Waals surface area contributed by atoms with E-state index < -0.39 is 10.0 Å². The van der Waals surface area contributed by atoms with Gasteiger partial charge in [-0.05, 0) is 62.8 Å². The van der Waals surface area contributed by atoms with E-state index in [0.717, 1.165) is 25.7 Å². The van der Waals surface area contributed by atoms with Crippen molar-refractivity contribution < 1.29 is 17.9 Å². The summed E-state index contributed by atoms with van der Waals surface area (Å²) in [5, 5.41) is 0. The molecule has 3 rings (SSSR count). The maximum Gasteiger partial charge on any atom is 0.241 e. The molecule has 0 spiro atoms. The van der Waals surface area contributed by atoms with Gasteiger partial charge < -0.3 is 9.64 Å². The van der Waals surface area contributed by atoms with Crippen LogP contribution in [-0.2, 0) is 14.8 Å². The largest absolute Gasteiger partial charge is 0.490 e. The molecule has 2 aliphatic rings. The Bertz CT molecular complexity index is 660. The summed E-state index contributed by atoms with van der Waals surface area (Å²) >= 11 is 0. The fourth-order valence-electron chi connectivity index (χ4n) is 3.21. The van der Waals surface area contributed by atoms with E-state index in [0.29, 0.717) is 18.8 Å². The van der Waals surface area contributed by atoms with Crippen molar-refractivity contribution in [2.24, 2.45) is 0 Å². The van der Waals surface area contributed by atoms with E-state index in [4.69, 9.17) is 4.74 Å². The van der Waals surface area contributed by atoms with Crippen molar-refractivity contribution in [2.75, 3.05) is 19.6 Å². The van der Waals surface area contributed by atoms with Crippen molar-refractivity contribution in [1.29, 1.82) is 0 Å². The van der Waals surface area contributed by atoms with Crippen LogP contribution in [0.25, 0.3) is 0 Å². The van der Waals surface area contributed by atoms with Crippen molar-refractivity contribution >= 4 is 15.9 Å². The minimum absolute atomic E-state index is 0.149. The molecule has 2 fully saturated rings. The second kappa shape index (κ2) is 7.53. The molecule has 24 heavy (non-hydrogen) atoms. The van der Waals surface area contributed by atoms with E-state index in [1.165, 1.54) is 25.0 Å². The molecular formula is C17H24N2O4S. The highest BCUT2D eigenvalue weighted by Crippen LogP contribution is 2.24. The molecule has 1 N–H and O–H groups in total. The van der Waals surface area contributed by atoms with E-state index in [1.54, 1.807) is 17.0 Å². The SMILES string of the molecule is O=C(CNS(=O)(=O)c1ccc(OC2CCCC2)cc1)N1CCCC1. The number of sulfonamides is 1. The molecule has 0 radical (unpaired) electrons. The highest BCUT2D eigenvalue weighted by molar-refractivity contribution is 7.89. The Hall–Kier alpha value is -1.60. The summed E-state index contributed by atoms with van der Waals surface area (Å²) in [5.41, 5.74) is 0. The molecule has 1 heterocycles. The van der Waals surface area contributed by atoms with Crippen LogP contribution in [0.1, 0.15) is 38.5 Å². The van der Waals surface area contributed by atoms with E-state index in [2.05, 4.69) is 4.72 Å². The minimum Gasteiger partial charge on any atom is -0.490 e. The third-order valence-electron chi connectivity index (χ3n) is 4.61. The molecule has 1 saturated heterocycles. The summed E-state index contributed by atoms with van der Waals surface area (Å²) in [7, 11) is -3.68. The number of carbonyl (C=O) groups is 1. The molecule has 0 bridgehead atoms. The van der Waals surface area contributed by atoms with Crippen molar-refractivity contribution in [2.45, 2.75) is 49.5 Å². The highest BCUT2D eigenvalue weighted by atomic mass is 32.2. The molecule has 1 aliphatic heterocycles. The lowest BCUT2D eigenvalue weighted by molar-refractivity contribution is -0.128. The van der Waals surface area contributed by atoms with Gasteiger partial charge in [0.25, 0.3) is 0 Å². The molecule has 1 saturated carbocycles. The first-order valence-corrected chi connectivity index (χ1v) is 10.1. The van der Waals surface area contributed by atoms with Gasteiger partial charge in [0.2, 0.25) is 15.9 Å². The van der Waals surface area contributed by atoms with Crippen LogP contribution in [0.4, 0.5) is 0 Å². The first kappa shape index (κ1) is 17.2. The lowest BCUT2D eigenvalue weighted by Crippen LogP contribution is -2.38. The van der Waals surface area contributed by atoms with Crippen molar-refractivity contribution in [3.63, 3.8) is 0 Å². The van der Waals surface area contributed by atoms with Gasteiger partial charge in [-0.1, -0.05) is 0 Å². The molecule has 1 amide bonds. The van der Waals surface area contributed by atoms with Gasteiger partial charge in [-0.15, -0.1) is 0 Å². The van der Waals surface area contributed by atoms with Crippen molar-refractivity contribution in [1.82, 2.24) is 9.62 Å². The van der Waals surface area contributed by atoms with Crippen LogP contribution in [0.2, 0.25) is 0 Å². The summed E-state index contributed by atoms with van der Waals surface area (Å²) in [5.74, 6) is 0.520. The van der Waals surface area contributed by atoms with Gasteiger partial charge in [-0.25, -0.2) is 13.1 Å². The van der Waals surface area contributed by atoms with Crippen LogP contribution in [0.15, 0.2) is 29.2 Å². The van der Waals surface area contributed by atoms with Gasteiger partial charge >= 0.3 is 0 Å². The van der Waals surface area contributed by atoms with Gasteiger partial charge in [0.05, 0.1) is 17.5 Å². The average Bonchev–Trinajstić information content (AvgIpc) is 3.27. The Labute approximate surface area is 143 Å². The predicted octanol–water partition coefficient (Wildman–Crippen LogP) is 1.91. The molecule has 1 aliphatic carbocycles. The lowest BCUT2D eigenvalue weighted by atomic mass is 10.3. The monoisotopic (exact) mass is 352 g/mol. The minimum atomic E-state index is -3.68. The van der Waals surface area contributed by atoms with E-state index in [9.17, 15) is 13.2 Å². The Balaban J connectivity index is 1.56. The Morgan fingerprint density at radius 3 is 2.33 bits per heavy atom. The maximum absolute atomic E-state index is 12.3. The second-order valence-electron chi connectivity index (χ2n) is 6.41. The maximum atomic E-state index is 12.3. The van der Waals surface area contributed by atoms with Gasteiger partial charge in [0, 0.05) is 13.1 Å². The summed E-state index contributed by atoms with van der Waals surface area (Å²) in [6.45, 7) is 1.24. The summed E-state index contributed by atoms with van der Waals surface area (Å²) < 4.78 is 32.8. The summed E-state index contributed by atoms with van der Waals surface area (Å²) in [6, 6.07) is 6.39. The first-order chi connectivity index (χ1) is 11.5. The quantitative estimate of drug-likeness (QED) is 0.848. The molecule has 0 atom stereocenters. The van der Waals surface area contributed by atoms with Crippen LogP contribution in [0.5, 0.6) is 5.75 Å². The van der Waals surface area contributed by atoms with Gasteiger partial charge in [0.15, 0.2) is 0 Å². The number of carbonyl (C=O) groups excluding carboxylic acids is 1. The van der Waals surface area contributed by atoms with Crippen LogP contribution in [0.3, 0.4) is 0 Å². The third-order valence-corrected chi connectivity index (χ3v) is 6.03. The van der Waals surface area contributed by atoms with Crippen molar-refractivity contribution in [3.05, 3.63) is 24.3 Å². The van der Waals surface area contributed by atoms with Crippen LogP contribution < -0.4 is 9.46 Å². The molecule has 0 aromatic heterocycles. The summed E-state index contributed by atoms with van der Waals surface area (Å²) in [6.07, 6.45) is 6.70. The first-order valence-electron chi connectivity index (χ1n) is 8.59. The lowest BCUT2D eigenvalue weighted by Gasteiger charge is -2.16. The number of benzene rings is 1. The number of amides is 1. The zero-order chi connectivity index (χ0) is 17.0. The molecular weight excluding hydrogens is 328 g/mol. The third kappa shape index (κ3) is 4.27. The molecule has 0 unspecified atom stereocenters. The Morgan fingerprint density at radius 2 is 1.71 bits per heavy atom. The molecule has 132 valence electrons. The smallest absolute Gasteiger partial charge is 0.241 e.